The molecule has 0 aromatic rings. The largest absolute Gasteiger partial charge is 0.481 e. The predicted molar refractivity (Wildman–Crippen MR) is 163 cm³/mol. The highest BCUT2D eigenvalue weighted by atomic mass is 16.5. The highest BCUT2D eigenvalue weighted by molar-refractivity contribution is 5.95. The van der Waals surface area contributed by atoms with E-state index in [4.69, 9.17) is 16.2 Å². The van der Waals surface area contributed by atoms with E-state index in [1.807, 2.05) is 13.0 Å². The summed E-state index contributed by atoms with van der Waals surface area (Å²) in [4.78, 5) is 51.0. The van der Waals surface area contributed by atoms with E-state index < -0.39 is 29.3 Å². The second-order valence-electron chi connectivity index (χ2n) is 17.0. The number of ketones is 1. The van der Waals surface area contributed by atoms with Crippen molar-refractivity contribution in [2.45, 2.75) is 131 Å². The van der Waals surface area contributed by atoms with Crippen LogP contribution in [0.1, 0.15) is 119 Å². The summed E-state index contributed by atoms with van der Waals surface area (Å²) in [6, 6.07) is -0.894. The van der Waals surface area contributed by atoms with Crippen molar-refractivity contribution in [3.05, 3.63) is 11.6 Å². The van der Waals surface area contributed by atoms with Crippen LogP contribution in [-0.2, 0) is 23.9 Å². The van der Waals surface area contributed by atoms with Crippen LogP contribution in [0.2, 0.25) is 0 Å². The van der Waals surface area contributed by atoms with Crippen molar-refractivity contribution < 1.29 is 29.0 Å². The minimum absolute atomic E-state index is 0.0209. The zero-order valence-corrected chi connectivity index (χ0v) is 27.4. The van der Waals surface area contributed by atoms with Gasteiger partial charge in [-0.2, -0.15) is 0 Å². The van der Waals surface area contributed by atoms with Crippen molar-refractivity contribution >= 4 is 23.6 Å². The first-order valence-electron chi connectivity index (χ1n) is 16.5. The van der Waals surface area contributed by atoms with Crippen LogP contribution in [0, 0.1) is 50.2 Å². The van der Waals surface area contributed by atoms with Gasteiger partial charge in [0.15, 0.2) is 5.78 Å². The molecule has 10 atom stereocenters. The highest BCUT2D eigenvalue weighted by Gasteiger charge is 2.70. The number of aliphatic carboxylic acids is 1. The SMILES string of the molecule is CC1(C)[C@@H](OC(=O)[C@@H](N)CCC(N)=O)CC[C@]2(C)[C@H]3C(=O)C=C4[C@@H]5C[C@@](C)(C(=O)O)CC[C@]5(C)CC[C@@]4(C)[C@]3(C)CC[C@@H]12. The fourth-order valence-electron chi connectivity index (χ4n) is 11.2. The summed E-state index contributed by atoms with van der Waals surface area (Å²) in [5.74, 6) is -1.40. The van der Waals surface area contributed by atoms with Crippen molar-refractivity contribution in [1.29, 1.82) is 0 Å². The first-order chi connectivity index (χ1) is 19.7. The quantitative estimate of drug-likeness (QED) is 0.339. The van der Waals surface area contributed by atoms with Gasteiger partial charge in [-0.25, -0.2) is 0 Å². The number of nitrogens with two attached hydrogens (primary N) is 2. The molecule has 43 heavy (non-hydrogen) atoms. The van der Waals surface area contributed by atoms with Crippen molar-refractivity contribution in [3.63, 3.8) is 0 Å². The molecule has 240 valence electrons. The molecule has 0 bridgehead atoms. The second kappa shape index (κ2) is 10.1. The van der Waals surface area contributed by atoms with E-state index in [0.29, 0.717) is 19.3 Å². The number of hydrogen-bond acceptors (Lipinski definition) is 6. The fraction of sp³-hybridized carbons (Fsp3) is 0.829. The lowest BCUT2D eigenvalue weighted by atomic mass is 9.33. The first-order valence-corrected chi connectivity index (χ1v) is 16.5. The van der Waals surface area contributed by atoms with Crippen LogP contribution >= 0.6 is 0 Å². The van der Waals surface area contributed by atoms with Gasteiger partial charge in [0.25, 0.3) is 0 Å². The Morgan fingerprint density at radius 1 is 0.977 bits per heavy atom. The van der Waals surface area contributed by atoms with E-state index in [2.05, 4.69) is 41.5 Å². The Bertz CT molecular complexity index is 1260. The van der Waals surface area contributed by atoms with E-state index >= 15 is 0 Å². The molecule has 5 N–H and O–H groups in total. The van der Waals surface area contributed by atoms with Gasteiger partial charge in [-0.05, 0) is 111 Å². The third kappa shape index (κ3) is 4.63. The van der Waals surface area contributed by atoms with Crippen LogP contribution in [0.25, 0.3) is 0 Å². The molecule has 0 saturated heterocycles. The molecule has 4 fully saturated rings. The van der Waals surface area contributed by atoms with Crippen molar-refractivity contribution in [2.24, 2.45) is 61.7 Å². The van der Waals surface area contributed by atoms with Crippen LogP contribution in [0.3, 0.4) is 0 Å². The van der Waals surface area contributed by atoms with E-state index in [0.717, 1.165) is 38.5 Å². The Morgan fingerprint density at radius 3 is 2.26 bits per heavy atom. The van der Waals surface area contributed by atoms with Gasteiger partial charge in [-0.3, -0.25) is 19.2 Å². The number of primary amides is 1. The van der Waals surface area contributed by atoms with Gasteiger partial charge < -0.3 is 21.3 Å². The number of ether oxygens (including phenoxy) is 1. The number of rotatable bonds is 6. The number of esters is 1. The third-order valence-electron chi connectivity index (χ3n) is 14.3. The number of carboxylic acids is 1. The molecule has 5 rings (SSSR count). The van der Waals surface area contributed by atoms with Gasteiger partial charge in [0, 0.05) is 17.8 Å². The molecule has 8 nitrogen and oxygen atoms in total. The molecule has 1 amide bonds. The van der Waals surface area contributed by atoms with Crippen LogP contribution in [0.5, 0.6) is 0 Å². The molecule has 5 aliphatic rings. The molecule has 0 aromatic heterocycles. The zero-order chi connectivity index (χ0) is 32.0. The van der Waals surface area contributed by atoms with Crippen LogP contribution in [-0.4, -0.2) is 40.9 Å². The number of allylic oxidation sites excluding steroid dienone is 2. The van der Waals surface area contributed by atoms with Crippen molar-refractivity contribution in [2.75, 3.05) is 0 Å². The van der Waals surface area contributed by atoms with Crippen molar-refractivity contribution in [1.82, 2.24) is 0 Å². The summed E-state index contributed by atoms with van der Waals surface area (Å²) < 4.78 is 6.04. The number of carbonyl (C=O) groups excluding carboxylic acids is 3. The molecule has 0 unspecified atom stereocenters. The average Bonchev–Trinajstić information content (AvgIpc) is 2.90. The molecule has 8 heteroatoms. The topological polar surface area (TPSA) is 150 Å². The molecule has 0 aromatic carbocycles. The molecule has 0 radical (unpaired) electrons. The van der Waals surface area contributed by atoms with E-state index in [1.165, 1.54) is 5.57 Å². The Hall–Kier alpha value is -2.22. The third-order valence-corrected chi connectivity index (χ3v) is 14.3. The maximum atomic E-state index is 14.5. The van der Waals surface area contributed by atoms with E-state index in [-0.39, 0.29) is 69.6 Å². The number of fused-ring (bicyclic) bond motifs is 7. The number of carboxylic acid groups (broad SMARTS) is 1. The number of amides is 1. The molecular formula is C35H54N2O6. The average molecular weight is 599 g/mol. The van der Waals surface area contributed by atoms with Crippen molar-refractivity contribution in [3.8, 4) is 0 Å². The molecule has 0 heterocycles. The number of carbonyl (C=O) groups is 4. The lowest BCUT2D eigenvalue weighted by Crippen LogP contribution is -2.67. The summed E-state index contributed by atoms with van der Waals surface area (Å²) in [6.07, 6.45) is 9.35. The smallest absolute Gasteiger partial charge is 0.323 e. The molecular weight excluding hydrogens is 544 g/mol. The second-order valence-corrected chi connectivity index (χ2v) is 17.0. The molecule has 0 aliphatic heterocycles. The van der Waals surface area contributed by atoms with Gasteiger partial charge in [-0.15, -0.1) is 0 Å². The monoisotopic (exact) mass is 598 g/mol. The summed E-state index contributed by atoms with van der Waals surface area (Å²) in [6.45, 7) is 15.6. The van der Waals surface area contributed by atoms with Gasteiger partial charge >= 0.3 is 11.9 Å². The normalized spacial score (nSPS) is 45.8. The van der Waals surface area contributed by atoms with Gasteiger partial charge in [0.2, 0.25) is 5.91 Å². The van der Waals surface area contributed by atoms with Crippen LogP contribution in [0.4, 0.5) is 0 Å². The number of hydrogen-bond donors (Lipinski definition) is 3. The summed E-state index contributed by atoms with van der Waals surface area (Å²) in [5, 5.41) is 10.1. The van der Waals surface area contributed by atoms with Gasteiger partial charge in [-0.1, -0.05) is 47.1 Å². The minimum Gasteiger partial charge on any atom is -0.481 e. The molecule has 5 aliphatic carbocycles. The summed E-state index contributed by atoms with van der Waals surface area (Å²) in [7, 11) is 0. The lowest BCUT2D eigenvalue weighted by Gasteiger charge is -2.70. The van der Waals surface area contributed by atoms with Gasteiger partial charge in [0.1, 0.15) is 12.1 Å². The molecule has 0 spiro atoms. The standard InChI is InChI=1S/C35H54N2O6/c1-30(2)24-10-13-35(7)27(33(24,5)12-11-25(30)43-28(40)22(36)8-9-26(37)39)23(38)18-20-21-19-32(4,29(41)42)15-14-31(21,3)16-17-34(20,35)6/h18,21-22,24-25,27H,8-17,19,36H2,1-7H3,(H2,37,39)(H,41,42)/t21-,22-,24-,25-,27+,31+,32-,33-,34+,35+/m0/s1. The highest BCUT2D eigenvalue weighted by Crippen LogP contribution is 2.75. The summed E-state index contributed by atoms with van der Waals surface area (Å²) in [5.41, 5.74) is 10.7. The van der Waals surface area contributed by atoms with E-state index in [9.17, 15) is 24.3 Å². The summed E-state index contributed by atoms with van der Waals surface area (Å²) >= 11 is 0. The van der Waals surface area contributed by atoms with Crippen LogP contribution in [0.15, 0.2) is 11.6 Å². The Kier molecular flexibility index (Phi) is 7.59. The Morgan fingerprint density at radius 2 is 1.63 bits per heavy atom. The predicted octanol–water partition coefficient (Wildman–Crippen LogP) is 5.56. The Labute approximate surface area is 257 Å². The first kappa shape index (κ1) is 32.2. The fourth-order valence-corrected chi connectivity index (χ4v) is 11.2. The maximum Gasteiger partial charge on any atom is 0.323 e. The minimum atomic E-state index is -0.894. The van der Waals surface area contributed by atoms with Gasteiger partial charge in [0.05, 0.1) is 5.41 Å². The molecule has 4 saturated carbocycles. The Balaban J connectivity index is 1.46. The maximum absolute atomic E-state index is 14.5. The lowest BCUT2D eigenvalue weighted by molar-refractivity contribution is -0.211. The zero-order valence-electron chi connectivity index (χ0n) is 27.4. The van der Waals surface area contributed by atoms with E-state index in [1.54, 1.807) is 0 Å². The van der Waals surface area contributed by atoms with Crippen LogP contribution < -0.4 is 11.5 Å².